The Morgan fingerprint density at radius 1 is 1.43 bits per heavy atom. The number of aromatic hydroxyl groups is 1. The summed E-state index contributed by atoms with van der Waals surface area (Å²) in [5.41, 5.74) is 0.676. The highest BCUT2D eigenvalue weighted by Gasteiger charge is 2.06. The van der Waals surface area contributed by atoms with Crippen LogP contribution in [0.4, 0.5) is 0 Å². The van der Waals surface area contributed by atoms with Crippen LogP contribution in [0.25, 0.3) is 5.69 Å². The Bertz CT molecular complexity index is 427. The first-order chi connectivity index (χ1) is 6.81. The molecule has 72 valence electrons. The lowest BCUT2D eigenvalue weighted by Gasteiger charge is -2.06. The molecule has 0 aliphatic rings. The fourth-order valence-electron chi connectivity index (χ4n) is 1.13. The van der Waals surface area contributed by atoms with Gasteiger partial charge in [-0.3, -0.25) is 0 Å². The van der Waals surface area contributed by atoms with Crippen LogP contribution in [0.1, 0.15) is 0 Å². The van der Waals surface area contributed by atoms with Gasteiger partial charge in [-0.05, 0) is 22.6 Å². The lowest BCUT2D eigenvalue weighted by Crippen LogP contribution is -1.98. The van der Waals surface area contributed by atoms with E-state index in [1.54, 1.807) is 12.1 Å². The molecule has 0 bridgehead atoms. The van der Waals surface area contributed by atoms with E-state index in [0.717, 1.165) is 0 Å². The molecule has 2 aromatic rings. The van der Waals surface area contributed by atoms with Crippen LogP contribution in [0.5, 0.6) is 11.5 Å². The molecule has 2 rings (SSSR count). The van der Waals surface area contributed by atoms with Gasteiger partial charge in [0, 0.05) is 6.07 Å². The van der Waals surface area contributed by atoms with Gasteiger partial charge in [0.25, 0.3) is 0 Å². The van der Waals surface area contributed by atoms with Crippen molar-refractivity contribution in [2.45, 2.75) is 0 Å². The number of nitrogens with zero attached hydrogens (tertiary/aromatic N) is 4. The van der Waals surface area contributed by atoms with Gasteiger partial charge in [0.2, 0.25) is 0 Å². The normalized spacial score (nSPS) is 10.1. The molecule has 0 saturated heterocycles. The van der Waals surface area contributed by atoms with Crippen LogP contribution in [-0.2, 0) is 0 Å². The zero-order chi connectivity index (χ0) is 9.97. The van der Waals surface area contributed by atoms with E-state index in [-0.39, 0.29) is 5.75 Å². The maximum atomic E-state index is 9.23. The summed E-state index contributed by atoms with van der Waals surface area (Å²) in [4.78, 5) is 0. The van der Waals surface area contributed by atoms with Crippen molar-refractivity contribution in [3.63, 3.8) is 0 Å². The number of phenolic OH excluding ortho intramolecular Hbond substituents is 1. The molecule has 0 amide bonds. The van der Waals surface area contributed by atoms with E-state index in [1.165, 1.54) is 24.2 Å². The van der Waals surface area contributed by atoms with Crippen LogP contribution < -0.4 is 4.74 Å². The predicted octanol–water partition coefficient (Wildman–Crippen LogP) is 0.376. The van der Waals surface area contributed by atoms with E-state index in [0.29, 0.717) is 11.4 Å². The Morgan fingerprint density at radius 2 is 2.29 bits per heavy atom. The van der Waals surface area contributed by atoms with Crippen LogP contribution >= 0.6 is 0 Å². The van der Waals surface area contributed by atoms with Crippen LogP contribution in [-0.4, -0.2) is 32.4 Å². The van der Waals surface area contributed by atoms with Gasteiger partial charge in [-0.2, -0.15) is 4.68 Å². The average molecular weight is 192 g/mol. The molecule has 1 aromatic carbocycles. The Hall–Kier alpha value is -2.11. The second kappa shape index (κ2) is 3.33. The molecule has 0 unspecified atom stereocenters. The zero-order valence-corrected chi connectivity index (χ0v) is 7.45. The number of phenols is 1. The number of aromatic nitrogens is 4. The Kier molecular flexibility index (Phi) is 2.02. The number of rotatable bonds is 2. The minimum absolute atomic E-state index is 0.138. The smallest absolute Gasteiger partial charge is 0.148 e. The van der Waals surface area contributed by atoms with Crippen LogP contribution in [0.2, 0.25) is 0 Å². The van der Waals surface area contributed by atoms with Crippen LogP contribution in [0.15, 0.2) is 24.5 Å². The molecule has 6 heteroatoms. The van der Waals surface area contributed by atoms with E-state index < -0.39 is 0 Å². The van der Waals surface area contributed by atoms with Crippen molar-refractivity contribution in [2.75, 3.05) is 7.11 Å². The van der Waals surface area contributed by atoms with Crippen LogP contribution in [0, 0.1) is 0 Å². The number of benzene rings is 1. The van der Waals surface area contributed by atoms with Gasteiger partial charge < -0.3 is 9.84 Å². The summed E-state index contributed by atoms with van der Waals surface area (Å²) >= 11 is 0. The minimum atomic E-state index is 0.138. The van der Waals surface area contributed by atoms with E-state index in [9.17, 15) is 5.11 Å². The van der Waals surface area contributed by atoms with Gasteiger partial charge in [-0.25, -0.2) is 0 Å². The Labute approximate surface area is 79.7 Å². The quantitative estimate of drug-likeness (QED) is 0.744. The van der Waals surface area contributed by atoms with Crippen molar-refractivity contribution in [2.24, 2.45) is 0 Å². The summed E-state index contributed by atoms with van der Waals surface area (Å²) in [6, 6.07) is 4.71. The Balaban J connectivity index is 2.53. The summed E-state index contributed by atoms with van der Waals surface area (Å²) in [6.45, 7) is 0. The molecule has 0 atom stereocenters. The molecule has 1 N–H and O–H groups in total. The molecular formula is C8H8N4O2. The third-order valence-corrected chi connectivity index (χ3v) is 1.76. The lowest BCUT2D eigenvalue weighted by molar-refractivity contribution is 0.404. The molecule has 0 aliphatic carbocycles. The van der Waals surface area contributed by atoms with Gasteiger partial charge in [-0.1, -0.05) is 0 Å². The number of tetrazole rings is 1. The molecule has 0 spiro atoms. The molecule has 14 heavy (non-hydrogen) atoms. The maximum absolute atomic E-state index is 9.23. The molecule has 1 aromatic heterocycles. The fourth-order valence-corrected chi connectivity index (χ4v) is 1.13. The number of hydrogen-bond donors (Lipinski definition) is 1. The third kappa shape index (κ3) is 1.37. The first kappa shape index (κ1) is 8.49. The van der Waals surface area contributed by atoms with Gasteiger partial charge >= 0.3 is 0 Å². The van der Waals surface area contributed by atoms with E-state index in [4.69, 9.17) is 4.74 Å². The van der Waals surface area contributed by atoms with Crippen molar-refractivity contribution >= 4 is 0 Å². The molecule has 0 saturated carbocycles. The summed E-state index contributed by atoms with van der Waals surface area (Å²) < 4.78 is 6.53. The van der Waals surface area contributed by atoms with Crippen molar-refractivity contribution in [3.05, 3.63) is 24.5 Å². The standard InChI is InChI=1S/C8H8N4O2/c1-14-8-4-6(13)2-3-7(8)12-5-9-10-11-12/h2-5,13H,1H3. The monoisotopic (exact) mass is 192 g/mol. The SMILES string of the molecule is COc1cc(O)ccc1-n1cnnn1. The van der Waals surface area contributed by atoms with Crippen molar-refractivity contribution in [3.8, 4) is 17.2 Å². The Morgan fingerprint density at radius 3 is 2.93 bits per heavy atom. The molecular weight excluding hydrogens is 184 g/mol. The summed E-state index contributed by atoms with van der Waals surface area (Å²) in [7, 11) is 1.52. The van der Waals surface area contributed by atoms with Gasteiger partial charge in [0.15, 0.2) is 0 Å². The summed E-state index contributed by atoms with van der Waals surface area (Å²) in [5.74, 6) is 0.649. The molecule has 0 radical (unpaired) electrons. The topological polar surface area (TPSA) is 73.1 Å². The molecule has 6 nitrogen and oxygen atoms in total. The lowest BCUT2D eigenvalue weighted by atomic mass is 10.3. The number of hydrogen-bond acceptors (Lipinski definition) is 5. The second-order valence-electron chi connectivity index (χ2n) is 2.61. The zero-order valence-electron chi connectivity index (χ0n) is 7.45. The van der Waals surface area contributed by atoms with Gasteiger partial charge in [0.05, 0.1) is 7.11 Å². The van der Waals surface area contributed by atoms with E-state index in [1.807, 2.05) is 0 Å². The second-order valence-corrected chi connectivity index (χ2v) is 2.61. The van der Waals surface area contributed by atoms with Crippen molar-refractivity contribution < 1.29 is 9.84 Å². The number of ether oxygens (including phenoxy) is 1. The number of methoxy groups -OCH3 is 1. The summed E-state index contributed by atoms with van der Waals surface area (Å²) in [6.07, 6.45) is 1.45. The molecule has 1 heterocycles. The van der Waals surface area contributed by atoms with Gasteiger partial charge in [0.1, 0.15) is 23.5 Å². The summed E-state index contributed by atoms with van der Waals surface area (Å²) in [5, 5.41) is 20.0. The predicted molar refractivity (Wildman–Crippen MR) is 47.4 cm³/mol. The highest BCUT2D eigenvalue weighted by atomic mass is 16.5. The minimum Gasteiger partial charge on any atom is -0.508 e. The van der Waals surface area contributed by atoms with E-state index in [2.05, 4.69) is 15.5 Å². The first-order valence-corrected chi connectivity index (χ1v) is 3.91. The maximum Gasteiger partial charge on any atom is 0.148 e. The van der Waals surface area contributed by atoms with Crippen LogP contribution in [0.3, 0.4) is 0 Å². The van der Waals surface area contributed by atoms with E-state index >= 15 is 0 Å². The molecule has 0 fully saturated rings. The highest BCUT2D eigenvalue weighted by Crippen LogP contribution is 2.25. The average Bonchev–Trinajstić information content (AvgIpc) is 2.70. The van der Waals surface area contributed by atoms with Crippen molar-refractivity contribution in [1.29, 1.82) is 0 Å². The van der Waals surface area contributed by atoms with Gasteiger partial charge in [-0.15, -0.1) is 5.10 Å². The third-order valence-electron chi connectivity index (χ3n) is 1.76. The molecule has 0 aliphatic heterocycles. The van der Waals surface area contributed by atoms with Crippen molar-refractivity contribution in [1.82, 2.24) is 20.2 Å². The fraction of sp³-hybridized carbons (Fsp3) is 0.125. The highest BCUT2D eigenvalue weighted by molar-refractivity contribution is 5.49. The first-order valence-electron chi connectivity index (χ1n) is 3.91. The largest absolute Gasteiger partial charge is 0.508 e.